The topological polar surface area (TPSA) is 20.2 Å². The van der Waals surface area contributed by atoms with E-state index in [-0.39, 0.29) is 11.2 Å². The molecule has 0 bridgehead atoms. The third kappa shape index (κ3) is 2.78. The van der Waals surface area contributed by atoms with Crippen molar-refractivity contribution >= 4 is 6.08 Å². The zero-order chi connectivity index (χ0) is 16.3. The van der Waals surface area contributed by atoms with Gasteiger partial charge in [-0.1, -0.05) is 79.4 Å². The summed E-state index contributed by atoms with van der Waals surface area (Å²) in [6.07, 6.45) is 1.85. The van der Waals surface area contributed by atoms with E-state index >= 15 is 0 Å². The van der Waals surface area contributed by atoms with Crippen molar-refractivity contribution in [2.24, 2.45) is 0 Å². The van der Waals surface area contributed by atoms with E-state index < -0.39 is 0 Å². The zero-order valence-corrected chi connectivity index (χ0v) is 13.2. The minimum Gasteiger partial charge on any atom is -0.508 e. The molecule has 0 aliphatic rings. The Bertz CT molecular complexity index is 786. The summed E-state index contributed by atoms with van der Waals surface area (Å²) in [6.45, 7) is 6.04. The van der Waals surface area contributed by atoms with Crippen molar-refractivity contribution in [1.29, 1.82) is 0 Å². The molecule has 3 aromatic carbocycles. The van der Waals surface area contributed by atoms with Gasteiger partial charge in [-0.3, -0.25) is 0 Å². The van der Waals surface area contributed by atoms with Gasteiger partial charge in [-0.15, -0.1) is 0 Å². The Morgan fingerprint density at radius 1 is 0.739 bits per heavy atom. The maximum atomic E-state index is 9.62. The van der Waals surface area contributed by atoms with Crippen LogP contribution in [0.15, 0.2) is 85.4 Å². The van der Waals surface area contributed by atoms with Gasteiger partial charge in [0.05, 0.1) is 0 Å². The third-order valence-corrected chi connectivity index (χ3v) is 4.52. The predicted octanol–water partition coefficient (Wildman–Crippen LogP) is 5.39. The van der Waals surface area contributed by atoms with Gasteiger partial charge in [-0.2, -0.15) is 0 Å². The first-order valence-corrected chi connectivity index (χ1v) is 7.72. The first-order valence-electron chi connectivity index (χ1n) is 7.72. The molecular formula is C22H20O. The molecular weight excluding hydrogens is 280 g/mol. The fraction of sp³-hybridized carbons (Fsp3) is 0.0909. The number of phenols is 1. The van der Waals surface area contributed by atoms with Crippen LogP contribution in [-0.2, 0) is 5.41 Å². The van der Waals surface area contributed by atoms with Gasteiger partial charge in [0.15, 0.2) is 0 Å². The average molecular weight is 300 g/mol. The second-order valence-corrected chi connectivity index (χ2v) is 5.86. The molecule has 0 aromatic heterocycles. The van der Waals surface area contributed by atoms with E-state index in [1.807, 2.05) is 24.3 Å². The molecule has 0 saturated heterocycles. The Labute approximate surface area is 137 Å². The molecule has 1 unspecified atom stereocenters. The molecule has 0 aliphatic heterocycles. The van der Waals surface area contributed by atoms with E-state index in [1.54, 1.807) is 12.1 Å². The molecule has 1 atom stereocenters. The van der Waals surface area contributed by atoms with Crippen molar-refractivity contribution in [3.05, 3.63) is 108 Å². The number of hydrogen-bond donors (Lipinski definition) is 1. The molecule has 0 spiro atoms. The van der Waals surface area contributed by atoms with Crippen LogP contribution in [0.1, 0.15) is 29.2 Å². The fourth-order valence-electron chi connectivity index (χ4n) is 3.02. The normalized spacial score (nSPS) is 13.3. The van der Waals surface area contributed by atoms with Crippen LogP contribution in [0.25, 0.3) is 6.08 Å². The van der Waals surface area contributed by atoms with Gasteiger partial charge in [0.1, 0.15) is 5.75 Å². The monoisotopic (exact) mass is 300 g/mol. The summed E-state index contributed by atoms with van der Waals surface area (Å²) in [6, 6.07) is 26.4. The summed E-state index contributed by atoms with van der Waals surface area (Å²) >= 11 is 0. The van der Waals surface area contributed by atoms with Gasteiger partial charge in [0.2, 0.25) is 0 Å². The molecule has 23 heavy (non-hydrogen) atoms. The van der Waals surface area contributed by atoms with Crippen LogP contribution in [-0.4, -0.2) is 5.11 Å². The van der Waals surface area contributed by atoms with E-state index in [0.717, 1.165) is 11.1 Å². The van der Waals surface area contributed by atoms with E-state index in [9.17, 15) is 5.11 Å². The van der Waals surface area contributed by atoms with Gasteiger partial charge in [0.25, 0.3) is 0 Å². The summed E-state index contributed by atoms with van der Waals surface area (Å²) in [5.41, 5.74) is 4.40. The molecule has 3 rings (SSSR count). The average Bonchev–Trinajstić information content (AvgIpc) is 2.62. The van der Waals surface area contributed by atoms with E-state index in [0.29, 0.717) is 0 Å². The van der Waals surface area contributed by atoms with Crippen LogP contribution in [0.2, 0.25) is 0 Å². The molecule has 0 fully saturated rings. The Hall–Kier alpha value is -2.80. The van der Waals surface area contributed by atoms with Gasteiger partial charge >= 0.3 is 0 Å². The van der Waals surface area contributed by atoms with Crippen LogP contribution in [0, 0.1) is 0 Å². The molecule has 0 aliphatic carbocycles. The van der Waals surface area contributed by atoms with Crippen LogP contribution >= 0.6 is 0 Å². The molecule has 114 valence electrons. The second kappa shape index (κ2) is 6.13. The van der Waals surface area contributed by atoms with E-state index in [2.05, 4.69) is 62.0 Å². The number of hydrogen-bond acceptors (Lipinski definition) is 1. The third-order valence-electron chi connectivity index (χ3n) is 4.52. The Morgan fingerprint density at radius 2 is 1.22 bits per heavy atom. The quantitative estimate of drug-likeness (QED) is 0.640. The SMILES string of the molecule is C=Cc1ccc(C(C)(c2ccccc2)c2ccc(O)cc2)cc1. The summed E-state index contributed by atoms with van der Waals surface area (Å²) < 4.78 is 0. The number of aromatic hydroxyl groups is 1. The summed E-state index contributed by atoms with van der Waals surface area (Å²) in [7, 11) is 0. The highest BCUT2D eigenvalue weighted by Gasteiger charge is 2.30. The zero-order valence-electron chi connectivity index (χ0n) is 13.2. The maximum absolute atomic E-state index is 9.62. The molecule has 3 aromatic rings. The predicted molar refractivity (Wildman–Crippen MR) is 96.6 cm³/mol. The Kier molecular flexibility index (Phi) is 4.03. The van der Waals surface area contributed by atoms with E-state index in [4.69, 9.17) is 0 Å². The lowest BCUT2D eigenvalue weighted by Gasteiger charge is -2.32. The lowest BCUT2D eigenvalue weighted by atomic mass is 9.71. The summed E-state index contributed by atoms with van der Waals surface area (Å²) in [4.78, 5) is 0. The second-order valence-electron chi connectivity index (χ2n) is 5.86. The lowest BCUT2D eigenvalue weighted by Crippen LogP contribution is -2.25. The van der Waals surface area contributed by atoms with Crippen molar-refractivity contribution in [3.63, 3.8) is 0 Å². The van der Waals surface area contributed by atoms with Crippen LogP contribution < -0.4 is 0 Å². The van der Waals surface area contributed by atoms with Crippen molar-refractivity contribution in [2.45, 2.75) is 12.3 Å². The highest BCUT2D eigenvalue weighted by Crippen LogP contribution is 2.39. The Balaban J connectivity index is 2.20. The first kappa shape index (κ1) is 15.1. The molecule has 0 heterocycles. The largest absolute Gasteiger partial charge is 0.508 e. The van der Waals surface area contributed by atoms with Crippen molar-refractivity contribution in [3.8, 4) is 5.75 Å². The number of benzene rings is 3. The summed E-state index contributed by atoms with van der Waals surface area (Å²) in [5, 5.41) is 9.62. The smallest absolute Gasteiger partial charge is 0.115 e. The molecule has 1 N–H and O–H groups in total. The summed E-state index contributed by atoms with van der Waals surface area (Å²) in [5.74, 6) is 0.283. The minimum atomic E-state index is -0.283. The van der Waals surface area contributed by atoms with Crippen LogP contribution in [0.4, 0.5) is 0 Å². The maximum Gasteiger partial charge on any atom is 0.115 e. The molecule has 0 radical (unpaired) electrons. The van der Waals surface area contributed by atoms with Gasteiger partial charge in [-0.05, 0) is 41.3 Å². The Morgan fingerprint density at radius 3 is 1.74 bits per heavy atom. The standard InChI is InChI=1S/C22H20O/c1-3-17-9-11-19(12-10-17)22(2,18-7-5-4-6-8-18)20-13-15-21(23)16-14-20/h3-16,23H,1H2,2H3. The number of rotatable bonds is 4. The van der Waals surface area contributed by atoms with Gasteiger partial charge < -0.3 is 5.11 Å². The van der Waals surface area contributed by atoms with Gasteiger partial charge in [0, 0.05) is 5.41 Å². The van der Waals surface area contributed by atoms with Crippen molar-refractivity contribution < 1.29 is 5.11 Å². The highest BCUT2D eigenvalue weighted by atomic mass is 16.3. The molecule has 1 nitrogen and oxygen atoms in total. The van der Waals surface area contributed by atoms with Crippen molar-refractivity contribution in [1.82, 2.24) is 0 Å². The molecule has 0 amide bonds. The minimum absolute atomic E-state index is 0.283. The molecule has 0 saturated carbocycles. The highest BCUT2D eigenvalue weighted by molar-refractivity contribution is 5.54. The van der Waals surface area contributed by atoms with Crippen molar-refractivity contribution in [2.75, 3.05) is 0 Å². The first-order chi connectivity index (χ1) is 11.1. The molecule has 1 heteroatoms. The van der Waals surface area contributed by atoms with Gasteiger partial charge in [-0.25, -0.2) is 0 Å². The fourth-order valence-corrected chi connectivity index (χ4v) is 3.02. The number of phenolic OH excluding ortho intramolecular Hbond substituents is 1. The van der Waals surface area contributed by atoms with Crippen LogP contribution in [0.3, 0.4) is 0 Å². The lowest BCUT2D eigenvalue weighted by molar-refractivity contribution is 0.474. The van der Waals surface area contributed by atoms with Crippen LogP contribution in [0.5, 0.6) is 5.75 Å². The van der Waals surface area contributed by atoms with E-state index in [1.165, 1.54) is 11.1 Å².